The predicted molar refractivity (Wildman–Crippen MR) is 67.1 cm³/mol. The first-order valence-corrected chi connectivity index (χ1v) is 6.79. The second-order valence-corrected chi connectivity index (χ2v) is 5.57. The molecule has 0 aliphatic rings. The standard InChI is InChI=1S/C11H10N2O6S/c1-6-5-19-11(12-6)13-20(17,18)7-2-3-9(14)8(4-7)10(15)16/h2-5,14H,1H3,(H,12,13)(H,15,16). The van der Waals surface area contributed by atoms with E-state index in [1.54, 1.807) is 6.92 Å². The summed E-state index contributed by atoms with van der Waals surface area (Å²) < 4.78 is 30.9. The number of aryl methyl sites for hydroxylation is 1. The molecule has 0 radical (unpaired) electrons. The number of hydrogen-bond donors (Lipinski definition) is 3. The zero-order valence-electron chi connectivity index (χ0n) is 10.2. The summed E-state index contributed by atoms with van der Waals surface area (Å²) in [6.45, 7) is 1.62. The van der Waals surface area contributed by atoms with E-state index < -0.39 is 27.3 Å². The number of benzene rings is 1. The number of nitrogens with one attached hydrogen (secondary N) is 1. The molecule has 2 aromatic rings. The van der Waals surface area contributed by atoms with E-state index >= 15 is 0 Å². The number of carboxylic acid groups (broad SMARTS) is 1. The number of carbonyl (C=O) groups is 1. The molecule has 2 rings (SSSR count). The predicted octanol–water partition coefficient (Wildman–Crippen LogP) is 1.19. The number of aromatic carboxylic acids is 1. The zero-order valence-corrected chi connectivity index (χ0v) is 11.0. The van der Waals surface area contributed by atoms with Gasteiger partial charge in [0.15, 0.2) is 0 Å². The molecule has 0 saturated heterocycles. The number of rotatable bonds is 4. The molecule has 0 amide bonds. The van der Waals surface area contributed by atoms with Crippen LogP contribution in [0.1, 0.15) is 16.1 Å². The number of aromatic nitrogens is 1. The maximum absolute atomic E-state index is 12.0. The second-order valence-electron chi connectivity index (χ2n) is 3.88. The molecule has 0 bridgehead atoms. The van der Waals surface area contributed by atoms with Crippen molar-refractivity contribution in [2.45, 2.75) is 11.8 Å². The molecule has 0 spiro atoms. The first-order chi connectivity index (χ1) is 9.29. The number of anilines is 1. The zero-order chi connectivity index (χ0) is 14.9. The van der Waals surface area contributed by atoms with E-state index in [0.717, 1.165) is 18.2 Å². The van der Waals surface area contributed by atoms with Gasteiger partial charge in [-0.3, -0.25) is 0 Å². The van der Waals surface area contributed by atoms with E-state index in [1.165, 1.54) is 6.26 Å². The number of aromatic hydroxyl groups is 1. The Labute approximate surface area is 113 Å². The van der Waals surface area contributed by atoms with E-state index in [-0.39, 0.29) is 10.9 Å². The van der Waals surface area contributed by atoms with Crippen molar-refractivity contribution in [1.29, 1.82) is 0 Å². The van der Waals surface area contributed by atoms with Crippen LogP contribution in [0, 0.1) is 6.92 Å². The van der Waals surface area contributed by atoms with Crippen molar-refractivity contribution in [1.82, 2.24) is 4.98 Å². The van der Waals surface area contributed by atoms with Gasteiger partial charge in [-0.05, 0) is 25.1 Å². The molecule has 0 aliphatic heterocycles. The fourth-order valence-electron chi connectivity index (χ4n) is 1.43. The van der Waals surface area contributed by atoms with Crippen molar-refractivity contribution in [3.05, 3.63) is 35.7 Å². The molecular weight excluding hydrogens is 288 g/mol. The summed E-state index contributed by atoms with van der Waals surface area (Å²) in [5.41, 5.74) is -0.0314. The molecule has 106 valence electrons. The highest BCUT2D eigenvalue weighted by molar-refractivity contribution is 7.92. The summed E-state index contributed by atoms with van der Waals surface area (Å²) >= 11 is 0. The van der Waals surface area contributed by atoms with Crippen LogP contribution in [0.4, 0.5) is 6.01 Å². The van der Waals surface area contributed by atoms with E-state index in [0.29, 0.717) is 5.69 Å². The highest BCUT2D eigenvalue weighted by Crippen LogP contribution is 2.23. The monoisotopic (exact) mass is 298 g/mol. The van der Waals surface area contributed by atoms with Gasteiger partial charge in [-0.15, -0.1) is 0 Å². The molecule has 0 fully saturated rings. The highest BCUT2D eigenvalue weighted by Gasteiger charge is 2.20. The molecule has 1 aromatic carbocycles. The molecule has 9 heteroatoms. The molecule has 0 atom stereocenters. The number of nitrogens with zero attached hydrogens (tertiary/aromatic N) is 1. The van der Waals surface area contributed by atoms with Crippen molar-refractivity contribution in [3.8, 4) is 5.75 Å². The van der Waals surface area contributed by atoms with Crippen LogP contribution in [-0.2, 0) is 10.0 Å². The van der Waals surface area contributed by atoms with Gasteiger partial charge >= 0.3 is 12.0 Å². The Morgan fingerprint density at radius 1 is 1.40 bits per heavy atom. The lowest BCUT2D eigenvalue weighted by Crippen LogP contribution is -2.14. The normalized spacial score (nSPS) is 11.2. The van der Waals surface area contributed by atoms with Crippen molar-refractivity contribution < 1.29 is 27.8 Å². The molecule has 1 heterocycles. The van der Waals surface area contributed by atoms with Crippen molar-refractivity contribution in [2.75, 3.05) is 4.72 Å². The van der Waals surface area contributed by atoms with Gasteiger partial charge in [-0.25, -0.2) is 17.9 Å². The lowest BCUT2D eigenvalue weighted by atomic mass is 10.2. The van der Waals surface area contributed by atoms with Crippen LogP contribution in [0.3, 0.4) is 0 Å². The Kier molecular flexibility index (Phi) is 3.36. The number of hydrogen-bond acceptors (Lipinski definition) is 6. The lowest BCUT2D eigenvalue weighted by molar-refractivity contribution is 0.0693. The first kappa shape index (κ1) is 13.9. The average Bonchev–Trinajstić information content (AvgIpc) is 2.73. The third-order valence-electron chi connectivity index (χ3n) is 2.35. The summed E-state index contributed by atoms with van der Waals surface area (Å²) in [5, 5.41) is 18.2. The molecule has 3 N–H and O–H groups in total. The minimum atomic E-state index is -4.05. The smallest absolute Gasteiger partial charge is 0.339 e. The van der Waals surface area contributed by atoms with Gasteiger partial charge in [0, 0.05) is 0 Å². The number of phenols is 1. The molecule has 0 aliphatic carbocycles. The SMILES string of the molecule is Cc1coc(NS(=O)(=O)c2ccc(O)c(C(=O)O)c2)n1. The van der Waals surface area contributed by atoms with Crippen molar-refractivity contribution >= 4 is 22.0 Å². The van der Waals surface area contributed by atoms with Crippen molar-refractivity contribution in [3.63, 3.8) is 0 Å². The largest absolute Gasteiger partial charge is 0.507 e. The van der Waals surface area contributed by atoms with Crippen LogP contribution < -0.4 is 4.72 Å². The Morgan fingerprint density at radius 2 is 2.10 bits per heavy atom. The quantitative estimate of drug-likeness (QED) is 0.772. The van der Waals surface area contributed by atoms with Crippen LogP contribution in [0.5, 0.6) is 5.75 Å². The van der Waals surface area contributed by atoms with Gasteiger partial charge in [0.05, 0.1) is 10.6 Å². The van der Waals surface area contributed by atoms with Gasteiger partial charge < -0.3 is 14.6 Å². The Hall–Kier alpha value is -2.55. The third-order valence-corrected chi connectivity index (χ3v) is 3.67. The Morgan fingerprint density at radius 3 is 2.65 bits per heavy atom. The molecular formula is C11H10N2O6S. The van der Waals surface area contributed by atoms with Crippen molar-refractivity contribution in [2.24, 2.45) is 0 Å². The van der Waals surface area contributed by atoms with E-state index in [9.17, 15) is 18.3 Å². The van der Waals surface area contributed by atoms with Gasteiger partial charge in [-0.1, -0.05) is 0 Å². The summed E-state index contributed by atoms with van der Waals surface area (Å²) in [7, 11) is -4.05. The molecule has 0 unspecified atom stereocenters. The molecule has 1 aromatic heterocycles. The molecule has 8 nitrogen and oxygen atoms in total. The second kappa shape index (κ2) is 4.85. The summed E-state index contributed by atoms with van der Waals surface area (Å²) in [6.07, 6.45) is 1.26. The minimum Gasteiger partial charge on any atom is -0.507 e. The number of oxazole rings is 1. The summed E-state index contributed by atoms with van der Waals surface area (Å²) in [4.78, 5) is 14.3. The maximum atomic E-state index is 12.0. The fourth-order valence-corrected chi connectivity index (χ4v) is 2.39. The maximum Gasteiger partial charge on any atom is 0.339 e. The Bertz CT molecular complexity index is 765. The van der Waals surface area contributed by atoms with Gasteiger partial charge in [0.2, 0.25) is 0 Å². The minimum absolute atomic E-state index is 0.229. The summed E-state index contributed by atoms with van der Waals surface area (Å²) in [6, 6.07) is 2.67. The third kappa shape index (κ3) is 2.72. The summed E-state index contributed by atoms with van der Waals surface area (Å²) in [5.74, 6) is -1.96. The van der Waals surface area contributed by atoms with E-state index in [2.05, 4.69) is 9.71 Å². The van der Waals surface area contributed by atoms with E-state index in [1.807, 2.05) is 0 Å². The van der Waals surface area contributed by atoms with Crippen LogP contribution in [0.2, 0.25) is 0 Å². The topological polar surface area (TPSA) is 130 Å². The van der Waals surface area contributed by atoms with Crippen LogP contribution >= 0.6 is 0 Å². The van der Waals surface area contributed by atoms with Crippen LogP contribution in [0.15, 0.2) is 33.8 Å². The van der Waals surface area contributed by atoms with Gasteiger partial charge in [-0.2, -0.15) is 4.98 Å². The number of sulfonamides is 1. The van der Waals surface area contributed by atoms with Crippen LogP contribution in [0.25, 0.3) is 0 Å². The lowest BCUT2D eigenvalue weighted by Gasteiger charge is -2.06. The van der Waals surface area contributed by atoms with Crippen LogP contribution in [-0.4, -0.2) is 29.6 Å². The Balaban J connectivity index is 2.39. The van der Waals surface area contributed by atoms with Gasteiger partial charge in [0.25, 0.3) is 10.0 Å². The molecule has 0 saturated carbocycles. The molecule has 20 heavy (non-hydrogen) atoms. The average molecular weight is 298 g/mol. The van der Waals surface area contributed by atoms with E-state index in [4.69, 9.17) is 9.52 Å². The van der Waals surface area contributed by atoms with Gasteiger partial charge in [0.1, 0.15) is 17.6 Å². The first-order valence-electron chi connectivity index (χ1n) is 5.31. The fraction of sp³-hybridized carbons (Fsp3) is 0.0909. The highest BCUT2D eigenvalue weighted by atomic mass is 32.2. The number of carboxylic acids is 1.